The first-order chi connectivity index (χ1) is 13.7. The van der Waals surface area contributed by atoms with Gasteiger partial charge in [-0.2, -0.15) is 5.26 Å². The lowest BCUT2D eigenvalue weighted by Gasteiger charge is -2.15. The van der Waals surface area contributed by atoms with Gasteiger partial charge in [0.15, 0.2) is 0 Å². The van der Waals surface area contributed by atoms with Crippen LogP contribution in [0.25, 0.3) is 10.9 Å². The van der Waals surface area contributed by atoms with Gasteiger partial charge < -0.3 is 4.74 Å². The largest absolute Gasteiger partial charge is 0.573 e. The van der Waals surface area contributed by atoms with Crippen molar-refractivity contribution in [3.05, 3.63) is 57.0 Å². The Morgan fingerprint density at radius 1 is 1.34 bits per heavy atom. The van der Waals surface area contributed by atoms with Crippen molar-refractivity contribution in [2.75, 3.05) is 11.2 Å². The van der Waals surface area contributed by atoms with Crippen LogP contribution in [0.3, 0.4) is 0 Å². The first-order valence-electron chi connectivity index (χ1n) is 8.12. The van der Waals surface area contributed by atoms with Gasteiger partial charge in [-0.25, -0.2) is 9.66 Å². The van der Waals surface area contributed by atoms with Crippen molar-refractivity contribution < 1.29 is 17.9 Å². The molecule has 1 aromatic heterocycles. The van der Waals surface area contributed by atoms with Crippen molar-refractivity contribution in [3.63, 3.8) is 0 Å². The van der Waals surface area contributed by atoms with E-state index in [1.807, 2.05) is 13.0 Å². The Balaban J connectivity index is 2.08. The van der Waals surface area contributed by atoms with Gasteiger partial charge in [-0.3, -0.25) is 10.2 Å². The van der Waals surface area contributed by atoms with Crippen LogP contribution < -0.4 is 15.7 Å². The maximum Gasteiger partial charge on any atom is 0.573 e. The lowest BCUT2D eigenvalue weighted by atomic mass is 10.2. The summed E-state index contributed by atoms with van der Waals surface area (Å²) in [6, 6.07) is 9.26. The molecule has 1 N–H and O–H groups in total. The van der Waals surface area contributed by atoms with E-state index >= 15 is 0 Å². The van der Waals surface area contributed by atoms with Gasteiger partial charge >= 0.3 is 6.36 Å². The van der Waals surface area contributed by atoms with Crippen LogP contribution >= 0.6 is 27.7 Å². The number of hydrogen-bond acceptors (Lipinski definition) is 6. The van der Waals surface area contributed by atoms with Crippen molar-refractivity contribution in [3.8, 4) is 11.8 Å². The quantitative estimate of drug-likeness (QED) is 0.518. The minimum atomic E-state index is -4.90. The zero-order valence-corrected chi connectivity index (χ0v) is 17.2. The van der Waals surface area contributed by atoms with Crippen LogP contribution in [0.15, 0.2) is 50.8 Å². The number of fused-ring (bicyclic) bond motifs is 1. The molecule has 0 radical (unpaired) electrons. The van der Waals surface area contributed by atoms with Crippen LogP contribution in [0, 0.1) is 11.3 Å². The summed E-state index contributed by atoms with van der Waals surface area (Å²) in [6.07, 6.45) is -3.68. The van der Waals surface area contributed by atoms with Crippen molar-refractivity contribution in [1.29, 1.82) is 5.26 Å². The average Bonchev–Trinajstić information content (AvgIpc) is 2.65. The summed E-state index contributed by atoms with van der Waals surface area (Å²) in [5.41, 5.74) is 3.34. The summed E-state index contributed by atoms with van der Waals surface area (Å²) in [5, 5.41) is 9.05. The van der Waals surface area contributed by atoms with E-state index in [9.17, 15) is 18.0 Å². The Bertz CT molecular complexity index is 1170. The molecule has 0 bridgehead atoms. The first kappa shape index (κ1) is 21.0. The molecule has 0 aliphatic carbocycles. The zero-order valence-electron chi connectivity index (χ0n) is 14.7. The molecule has 11 heteroatoms. The SMILES string of the molecule is CCSc1ccc(C#N)cc1Nn1cnc2cc(Br)c(OC(F)(F)F)cc2c1=O. The molecule has 6 nitrogen and oxygen atoms in total. The number of alkyl halides is 3. The fourth-order valence-corrected chi connectivity index (χ4v) is 3.65. The number of nitriles is 1. The van der Waals surface area contributed by atoms with E-state index in [-0.39, 0.29) is 15.4 Å². The lowest BCUT2D eigenvalue weighted by Crippen LogP contribution is -2.27. The van der Waals surface area contributed by atoms with E-state index in [4.69, 9.17) is 5.26 Å². The van der Waals surface area contributed by atoms with Gasteiger partial charge in [0, 0.05) is 4.90 Å². The highest BCUT2D eigenvalue weighted by molar-refractivity contribution is 9.10. The second-order valence-corrected chi connectivity index (χ2v) is 7.80. The van der Waals surface area contributed by atoms with Gasteiger partial charge in [0.1, 0.15) is 12.1 Å². The van der Waals surface area contributed by atoms with Crippen molar-refractivity contribution >= 4 is 44.3 Å². The molecule has 1 heterocycles. The molecule has 150 valence electrons. The number of halogens is 4. The summed E-state index contributed by atoms with van der Waals surface area (Å²) < 4.78 is 42.8. The molecule has 0 fully saturated rings. The van der Waals surface area contributed by atoms with Gasteiger partial charge in [0.25, 0.3) is 5.56 Å². The highest BCUT2D eigenvalue weighted by Crippen LogP contribution is 2.33. The topological polar surface area (TPSA) is 79.9 Å². The predicted octanol–water partition coefficient (Wildman–Crippen LogP) is 4.92. The number of nitrogens with zero attached hydrogens (tertiary/aromatic N) is 3. The van der Waals surface area contributed by atoms with E-state index in [1.165, 1.54) is 24.2 Å². The van der Waals surface area contributed by atoms with Gasteiger partial charge in [0.2, 0.25) is 0 Å². The number of benzene rings is 2. The smallest absolute Gasteiger partial charge is 0.405 e. The lowest BCUT2D eigenvalue weighted by molar-refractivity contribution is -0.274. The molecule has 2 aromatic carbocycles. The number of aromatic nitrogens is 2. The second-order valence-electron chi connectivity index (χ2n) is 5.63. The molecule has 0 saturated carbocycles. The van der Waals surface area contributed by atoms with Gasteiger partial charge in [0.05, 0.1) is 32.7 Å². The molecule has 0 amide bonds. The Labute approximate surface area is 175 Å². The normalized spacial score (nSPS) is 11.3. The standard InChI is InChI=1S/C18H12BrF3N4O2S/c1-2-29-16-4-3-10(8-23)5-14(16)25-26-9-24-13-7-12(19)15(28-18(20,21)22)6-11(13)17(26)27/h3-7,9,25H,2H2,1H3. The summed E-state index contributed by atoms with van der Waals surface area (Å²) in [7, 11) is 0. The molecule has 0 spiro atoms. The van der Waals surface area contributed by atoms with E-state index in [0.717, 1.165) is 21.4 Å². The molecule has 0 aliphatic rings. The van der Waals surface area contributed by atoms with Crippen LogP contribution in [0.4, 0.5) is 18.9 Å². The summed E-state index contributed by atoms with van der Waals surface area (Å²) in [4.78, 5) is 17.7. The Morgan fingerprint density at radius 2 is 2.10 bits per heavy atom. The Hall–Kier alpha value is -2.71. The molecule has 0 atom stereocenters. The molecule has 0 saturated heterocycles. The van der Waals surface area contributed by atoms with Gasteiger partial charge in [-0.05, 0) is 52.0 Å². The molecule has 0 unspecified atom stereocenters. The van der Waals surface area contributed by atoms with Crippen LogP contribution in [0.5, 0.6) is 5.75 Å². The highest BCUT2D eigenvalue weighted by Gasteiger charge is 2.32. The van der Waals surface area contributed by atoms with Crippen LogP contribution in [0.2, 0.25) is 0 Å². The zero-order chi connectivity index (χ0) is 21.2. The molecule has 0 aliphatic heterocycles. The predicted molar refractivity (Wildman–Crippen MR) is 107 cm³/mol. The third-order valence-corrected chi connectivity index (χ3v) is 5.26. The minimum Gasteiger partial charge on any atom is -0.405 e. The number of anilines is 1. The highest BCUT2D eigenvalue weighted by atomic mass is 79.9. The molecule has 3 rings (SSSR count). The average molecular weight is 485 g/mol. The summed E-state index contributed by atoms with van der Waals surface area (Å²) in [5.74, 6) is 0.216. The number of ether oxygens (including phenoxy) is 1. The van der Waals surface area contributed by atoms with E-state index in [1.54, 1.807) is 18.2 Å². The van der Waals surface area contributed by atoms with Crippen molar-refractivity contribution in [2.45, 2.75) is 18.2 Å². The Morgan fingerprint density at radius 3 is 2.76 bits per heavy atom. The van der Waals surface area contributed by atoms with Crippen LogP contribution in [-0.4, -0.2) is 21.8 Å². The van der Waals surface area contributed by atoms with Gasteiger partial charge in [-0.1, -0.05) is 6.92 Å². The first-order valence-corrected chi connectivity index (χ1v) is 9.90. The number of nitrogens with one attached hydrogen (secondary N) is 1. The van der Waals surface area contributed by atoms with E-state index in [0.29, 0.717) is 11.3 Å². The summed E-state index contributed by atoms with van der Waals surface area (Å²) in [6.45, 7) is 1.95. The third-order valence-electron chi connectivity index (χ3n) is 3.69. The molecular weight excluding hydrogens is 473 g/mol. The molecular formula is C18H12BrF3N4O2S. The maximum atomic E-state index is 12.8. The fraction of sp³-hybridized carbons (Fsp3) is 0.167. The van der Waals surface area contributed by atoms with Gasteiger partial charge in [-0.15, -0.1) is 24.9 Å². The summed E-state index contributed by atoms with van der Waals surface area (Å²) >= 11 is 4.49. The fourth-order valence-electron chi connectivity index (χ4n) is 2.50. The molecule has 3 aromatic rings. The van der Waals surface area contributed by atoms with E-state index in [2.05, 4.69) is 31.1 Å². The van der Waals surface area contributed by atoms with Crippen molar-refractivity contribution in [1.82, 2.24) is 9.66 Å². The number of rotatable bonds is 5. The Kier molecular flexibility index (Phi) is 6.04. The van der Waals surface area contributed by atoms with Crippen molar-refractivity contribution in [2.24, 2.45) is 0 Å². The van der Waals surface area contributed by atoms with E-state index < -0.39 is 17.7 Å². The maximum absolute atomic E-state index is 12.8. The minimum absolute atomic E-state index is 0.0169. The second kappa shape index (κ2) is 8.34. The number of thioether (sulfide) groups is 1. The van der Waals surface area contributed by atoms with Crippen LogP contribution in [-0.2, 0) is 0 Å². The number of hydrogen-bond donors (Lipinski definition) is 1. The van der Waals surface area contributed by atoms with Crippen LogP contribution in [0.1, 0.15) is 12.5 Å². The monoisotopic (exact) mass is 484 g/mol. The third kappa shape index (κ3) is 4.83. The molecule has 29 heavy (non-hydrogen) atoms.